The molecule has 0 N–H and O–H groups in total. The van der Waals surface area contributed by atoms with Crippen molar-refractivity contribution in [2.75, 3.05) is 14.7 Å². The molecule has 8 aromatic rings. The van der Waals surface area contributed by atoms with Gasteiger partial charge in [-0.1, -0.05) is 206 Å². The Morgan fingerprint density at radius 1 is 0.403 bits per heavy atom. The second kappa shape index (κ2) is 17.1. The Morgan fingerprint density at radius 2 is 0.935 bits per heavy atom. The van der Waals surface area contributed by atoms with Crippen LogP contribution in [0.5, 0.6) is 0 Å². The quantitative estimate of drug-likeness (QED) is 0.159. The second-order valence-corrected chi connectivity index (χ2v) is 28.1. The number of fused-ring (bicyclic) bond motifs is 7. The minimum atomic E-state index is -0.258. The molecule has 1 saturated carbocycles. The summed E-state index contributed by atoms with van der Waals surface area (Å²) in [6.45, 7) is 38.7. The van der Waals surface area contributed by atoms with Gasteiger partial charge >= 0.3 is 0 Å². The lowest BCUT2D eigenvalue weighted by Crippen LogP contribution is -2.69. The van der Waals surface area contributed by atoms with Crippen LogP contribution in [0.1, 0.15) is 145 Å². The Bertz CT molecular complexity index is 3640. The Labute approximate surface area is 462 Å². The predicted molar refractivity (Wildman–Crippen MR) is 333 cm³/mol. The Balaban J connectivity index is 1.16. The summed E-state index contributed by atoms with van der Waals surface area (Å²) in [7, 11) is 0. The molecule has 77 heavy (non-hydrogen) atoms. The van der Waals surface area contributed by atoms with Crippen LogP contribution in [0.25, 0.3) is 22.3 Å². The Kier molecular flexibility index (Phi) is 11.3. The molecule has 8 aromatic carbocycles. The smallest absolute Gasteiger partial charge is 0.252 e. The Hall–Kier alpha value is -6.78. The maximum absolute atomic E-state index is 2.82. The molecule has 3 aliphatic heterocycles. The van der Waals surface area contributed by atoms with E-state index in [4.69, 9.17) is 0 Å². The second-order valence-electron chi connectivity index (χ2n) is 28.1. The lowest BCUT2D eigenvalue weighted by atomic mass is 9.33. The van der Waals surface area contributed by atoms with E-state index in [9.17, 15) is 0 Å². The molecule has 2 atom stereocenters. The van der Waals surface area contributed by atoms with Crippen LogP contribution in [0.15, 0.2) is 170 Å². The fourth-order valence-electron chi connectivity index (χ4n) is 14.6. The molecule has 0 aromatic heterocycles. The molecule has 0 radical (unpaired) electrons. The van der Waals surface area contributed by atoms with E-state index in [0.29, 0.717) is 0 Å². The average molecular weight is 1010 g/mol. The van der Waals surface area contributed by atoms with Crippen LogP contribution in [0, 0.1) is 17.8 Å². The van der Waals surface area contributed by atoms with E-state index in [1.54, 1.807) is 0 Å². The summed E-state index contributed by atoms with van der Waals surface area (Å²) in [6, 6.07) is 66.1. The molecule has 3 heterocycles. The van der Waals surface area contributed by atoms with Gasteiger partial charge in [0.05, 0.1) is 11.2 Å². The van der Waals surface area contributed by atoms with Gasteiger partial charge in [0.1, 0.15) is 0 Å². The van der Waals surface area contributed by atoms with E-state index in [1.807, 2.05) is 0 Å². The highest BCUT2D eigenvalue weighted by Crippen LogP contribution is 2.71. The summed E-state index contributed by atoms with van der Waals surface area (Å²) in [5, 5.41) is 0. The predicted octanol–water partition coefficient (Wildman–Crippen LogP) is 18.3. The fraction of sp³-hybridized carbons (Fsp3) is 0.342. The summed E-state index contributed by atoms with van der Waals surface area (Å²) in [6.07, 6.45) is 2.33. The van der Waals surface area contributed by atoms with Gasteiger partial charge in [0.15, 0.2) is 0 Å². The van der Waals surface area contributed by atoms with Gasteiger partial charge in [0.25, 0.3) is 6.71 Å². The SMILES string of the molecule is Cc1cc2c3c(c1)N(c1ccc(C(C)(C)C)cc1-c1ccccc1)c1ccc(-c4ccccc4)cc1B3c1ccc(N3c4ccc(C(C)(C)C)cc4C4(C)C(C)(C)CCC(C)(C)C34C)cc1N2c1ccc(C(C)(C)C)cc1. The molecule has 0 bridgehead atoms. The molecule has 0 amide bonds. The maximum Gasteiger partial charge on any atom is 0.252 e. The van der Waals surface area contributed by atoms with Crippen LogP contribution in [0.4, 0.5) is 45.5 Å². The van der Waals surface area contributed by atoms with Crippen LogP contribution >= 0.6 is 0 Å². The van der Waals surface area contributed by atoms with Crippen LogP contribution in [0.2, 0.25) is 0 Å². The molecule has 0 spiro atoms. The molecule has 12 rings (SSSR count). The van der Waals surface area contributed by atoms with Crippen LogP contribution in [-0.2, 0) is 21.7 Å². The van der Waals surface area contributed by atoms with E-state index in [-0.39, 0.29) is 44.7 Å². The third-order valence-corrected chi connectivity index (χ3v) is 19.9. The minimum Gasteiger partial charge on any atom is -0.334 e. The number of anilines is 8. The molecule has 0 saturated heterocycles. The maximum atomic E-state index is 2.82. The molecule has 4 heteroatoms. The zero-order valence-corrected chi connectivity index (χ0v) is 49.0. The summed E-state index contributed by atoms with van der Waals surface area (Å²) in [5.41, 5.74) is 25.1. The van der Waals surface area contributed by atoms with Crippen molar-refractivity contribution in [3.63, 3.8) is 0 Å². The summed E-state index contributed by atoms with van der Waals surface area (Å²) in [4.78, 5) is 8.07. The van der Waals surface area contributed by atoms with Gasteiger partial charge < -0.3 is 14.7 Å². The fourth-order valence-corrected chi connectivity index (χ4v) is 14.6. The first-order valence-corrected chi connectivity index (χ1v) is 28.6. The van der Waals surface area contributed by atoms with Crippen molar-refractivity contribution in [1.82, 2.24) is 0 Å². The zero-order chi connectivity index (χ0) is 54.6. The topological polar surface area (TPSA) is 9.72 Å². The third kappa shape index (κ3) is 7.57. The van der Waals surface area contributed by atoms with Gasteiger partial charge in [-0.05, 0) is 175 Å². The van der Waals surface area contributed by atoms with E-state index in [1.165, 1.54) is 118 Å². The van der Waals surface area contributed by atoms with Crippen LogP contribution in [-0.4, -0.2) is 12.3 Å². The van der Waals surface area contributed by atoms with Gasteiger partial charge in [-0.15, -0.1) is 0 Å². The molecule has 1 fully saturated rings. The van der Waals surface area contributed by atoms with Gasteiger partial charge in [-0.25, -0.2) is 0 Å². The lowest BCUT2D eigenvalue weighted by molar-refractivity contribution is -0.0415. The number of benzene rings is 8. The van der Waals surface area contributed by atoms with E-state index < -0.39 is 0 Å². The van der Waals surface area contributed by atoms with Crippen molar-refractivity contribution in [3.05, 3.63) is 198 Å². The van der Waals surface area contributed by atoms with E-state index in [0.717, 1.165) is 6.42 Å². The molecule has 1 aliphatic carbocycles. The number of nitrogens with zero attached hydrogens (tertiary/aromatic N) is 3. The monoisotopic (exact) mass is 1010 g/mol. The highest BCUT2D eigenvalue weighted by atomic mass is 15.3. The summed E-state index contributed by atoms with van der Waals surface area (Å²) >= 11 is 0. The number of hydrogen-bond acceptors (Lipinski definition) is 3. The lowest BCUT2D eigenvalue weighted by Gasteiger charge is -2.65. The van der Waals surface area contributed by atoms with Crippen LogP contribution < -0.4 is 31.1 Å². The third-order valence-electron chi connectivity index (χ3n) is 19.9. The minimum absolute atomic E-state index is 0.0114. The first kappa shape index (κ1) is 51.0. The molecule has 3 nitrogen and oxygen atoms in total. The summed E-state index contributed by atoms with van der Waals surface area (Å²) < 4.78 is 0. The average Bonchev–Trinajstić information content (AvgIpc) is 3.77. The van der Waals surface area contributed by atoms with Crippen molar-refractivity contribution >= 4 is 68.6 Å². The first-order chi connectivity index (χ1) is 36.2. The van der Waals surface area contributed by atoms with Crippen molar-refractivity contribution in [2.24, 2.45) is 10.8 Å². The van der Waals surface area contributed by atoms with Gasteiger partial charge in [0, 0.05) is 50.8 Å². The standard InChI is InChI=1S/C73H80BN3/c1-47-41-64-66-65(42-47)76(60-37-30-52(68(5,6)7)44-56(60)49-25-21-18-22-26-49)62-36-27-50(48-23-19-17-20-24-48)43-59(62)74(66)58-35-34-55(46-63(58)75(64)54-32-28-51(29-33-54)67(2,3)4)77-61-38-31-53(69(8,9)10)45-57(61)72(15)70(11,12)39-40-71(13,14)73(72,77)16/h17-38,41-46H,39-40H2,1-16H3. The first-order valence-electron chi connectivity index (χ1n) is 28.6. The highest BCUT2D eigenvalue weighted by Gasteiger charge is 2.70. The van der Waals surface area contributed by atoms with Gasteiger partial charge in [-0.2, -0.15) is 0 Å². The van der Waals surface area contributed by atoms with Crippen LogP contribution in [0.3, 0.4) is 0 Å². The number of hydrogen-bond donors (Lipinski definition) is 0. The summed E-state index contributed by atoms with van der Waals surface area (Å²) in [5.74, 6) is 0. The molecule has 390 valence electrons. The number of aryl methyl sites for hydroxylation is 1. The zero-order valence-electron chi connectivity index (χ0n) is 49.0. The van der Waals surface area contributed by atoms with Crippen molar-refractivity contribution in [3.8, 4) is 22.3 Å². The van der Waals surface area contributed by atoms with E-state index in [2.05, 4.69) is 295 Å². The van der Waals surface area contributed by atoms with Crippen molar-refractivity contribution in [1.29, 1.82) is 0 Å². The van der Waals surface area contributed by atoms with Crippen molar-refractivity contribution in [2.45, 2.75) is 151 Å². The molecule has 4 aliphatic rings. The normalized spacial score (nSPS) is 20.1. The van der Waals surface area contributed by atoms with E-state index >= 15 is 0 Å². The molecular formula is C73H80BN3. The van der Waals surface area contributed by atoms with Gasteiger partial charge in [-0.3, -0.25) is 0 Å². The molecule has 2 unspecified atom stereocenters. The highest BCUT2D eigenvalue weighted by molar-refractivity contribution is 7.00. The largest absolute Gasteiger partial charge is 0.334 e. The number of rotatable bonds is 5. The molecular weight excluding hydrogens is 930 g/mol. The van der Waals surface area contributed by atoms with Gasteiger partial charge in [0.2, 0.25) is 0 Å². The van der Waals surface area contributed by atoms with Crippen molar-refractivity contribution < 1.29 is 0 Å². The Morgan fingerprint density at radius 3 is 1.56 bits per heavy atom.